The average Bonchev–Trinajstić information content (AvgIpc) is 2.35. The lowest BCUT2D eigenvalue weighted by Crippen LogP contribution is -2.33. The normalized spacial score (nSPS) is 12.0. The minimum absolute atomic E-state index is 0.0405. The Morgan fingerprint density at radius 2 is 2.22 bits per heavy atom. The Morgan fingerprint density at radius 1 is 1.50 bits per heavy atom. The Kier molecular flexibility index (Phi) is 5.65. The molecule has 0 aliphatic rings. The van der Waals surface area contributed by atoms with Crippen LogP contribution in [0.5, 0.6) is 5.75 Å². The molecule has 18 heavy (non-hydrogen) atoms. The summed E-state index contributed by atoms with van der Waals surface area (Å²) >= 11 is 0. The topological polar surface area (TPSA) is 49.8 Å². The smallest absolute Gasteiger partial charge is 0.222 e. The molecule has 0 aliphatic carbocycles. The van der Waals surface area contributed by atoms with Crippen LogP contribution in [0.3, 0.4) is 0 Å². The zero-order valence-corrected chi connectivity index (χ0v) is 11.2. The Bertz CT molecular complexity index is 390. The molecule has 0 spiro atoms. The van der Waals surface area contributed by atoms with Gasteiger partial charge >= 0.3 is 0 Å². The molecule has 0 heterocycles. The summed E-state index contributed by atoms with van der Waals surface area (Å²) in [5.74, 6) is 0.844. The summed E-state index contributed by atoms with van der Waals surface area (Å²) in [4.78, 5) is 13.4. The van der Waals surface area contributed by atoms with E-state index in [2.05, 4.69) is 0 Å². The summed E-state index contributed by atoms with van der Waals surface area (Å²) in [6, 6.07) is 7.70. The number of methoxy groups -OCH3 is 1. The lowest BCUT2D eigenvalue weighted by molar-refractivity contribution is -0.131. The molecule has 0 saturated heterocycles. The van der Waals surface area contributed by atoms with Gasteiger partial charge in [-0.15, -0.1) is 0 Å². The van der Waals surface area contributed by atoms with Crippen LogP contribution in [0.1, 0.15) is 18.9 Å². The van der Waals surface area contributed by atoms with Gasteiger partial charge < -0.3 is 14.7 Å². The maximum atomic E-state index is 11.8. The van der Waals surface area contributed by atoms with E-state index in [0.717, 1.165) is 11.3 Å². The van der Waals surface area contributed by atoms with Crippen LogP contribution in [0.2, 0.25) is 0 Å². The highest BCUT2D eigenvalue weighted by Gasteiger charge is 2.10. The zero-order chi connectivity index (χ0) is 13.5. The van der Waals surface area contributed by atoms with Crippen LogP contribution >= 0.6 is 0 Å². The third kappa shape index (κ3) is 4.75. The van der Waals surface area contributed by atoms with Crippen molar-refractivity contribution in [3.05, 3.63) is 29.8 Å². The van der Waals surface area contributed by atoms with E-state index in [0.29, 0.717) is 19.4 Å². The molecular weight excluding hydrogens is 230 g/mol. The second-order valence-electron chi connectivity index (χ2n) is 4.47. The number of amides is 1. The molecule has 1 rings (SSSR count). The van der Waals surface area contributed by atoms with E-state index in [4.69, 9.17) is 4.74 Å². The molecular formula is C14H21NO3. The Balaban J connectivity index is 2.46. The molecule has 1 aromatic rings. The first-order chi connectivity index (χ1) is 8.52. The fraction of sp³-hybridized carbons (Fsp3) is 0.500. The number of aryl methyl sites for hydroxylation is 1. The number of hydrogen-bond donors (Lipinski definition) is 1. The zero-order valence-electron chi connectivity index (χ0n) is 11.2. The maximum absolute atomic E-state index is 11.8. The lowest BCUT2D eigenvalue weighted by Gasteiger charge is -2.18. The number of likely N-dealkylation sites (N-methyl/N-ethyl adjacent to an activating group) is 1. The van der Waals surface area contributed by atoms with Crippen molar-refractivity contribution < 1.29 is 14.6 Å². The first kappa shape index (κ1) is 14.5. The van der Waals surface area contributed by atoms with Crippen molar-refractivity contribution in [1.82, 2.24) is 4.90 Å². The van der Waals surface area contributed by atoms with Gasteiger partial charge in [-0.25, -0.2) is 0 Å². The van der Waals surface area contributed by atoms with Gasteiger partial charge in [0, 0.05) is 20.0 Å². The number of rotatable bonds is 6. The van der Waals surface area contributed by atoms with E-state index in [1.807, 2.05) is 24.3 Å². The largest absolute Gasteiger partial charge is 0.497 e. The van der Waals surface area contributed by atoms with Crippen molar-refractivity contribution in [1.29, 1.82) is 0 Å². The monoisotopic (exact) mass is 251 g/mol. The van der Waals surface area contributed by atoms with E-state index >= 15 is 0 Å². The Labute approximate surface area is 108 Å². The summed E-state index contributed by atoms with van der Waals surface area (Å²) in [5.41, 5.74) is 1.08. The number of ether oxygens (including phenoxy) is 1. The van der Waals surface area contributed by atoms with Crippen molar-refractivity contribution in [2.24, 2.45) is 0 Å². The number of carbonyl (C=O) groups excluding carboxylic acids is 1. The lowest BCUT2D eigenvalue weighted by atomic mass is 10.1. The van der Waals surface area contributed by atoms with Gasteiger partial charge in [-0.1, -0.05) is 12.1 Å². The van der Waals surface area contributed by atoms with E-state index in [1.165, 1.54) is 0 Å². The molecule has 1 aromatic carbocycles. The third-order valence-electron chi connectivity index (χ3n) is 2.73. The molecule has 0 aliphatic heterocycles. The van der Waals surface area contributed by atoms with Gasteiger partial charge in [-0.2, -0.15) is 0 Å². The molecule has 0 radical (unpaired) electrons. The van der Waals surface area contributed by atoms with Gasteiger partial charge in [-0.05, 0) is 31.0 Å². The fourth-order valence-corrected chi connectivity index (χ4v) is 1.77. The molecule has 1 N–H and O–H groups in total. The Morgan fingerprint density at radius 3 is 2.83 bits per heavy atom. The number of aliphatic hydroxyl groups excluding tert-OH is 1. The Hall–Kier alpha value is -1.55. The highest BCUT2D eigenvalue weighted by molar-refractivity contribution is 5.76. The van der Waals surface area contributed by atoms with E-state index in [9.17, 15) is 9.90 Å². The molecule has 0 fully saturated rings. The molecule has 1 unspecified atom stereocenters. The van der Waals surface area contributed by atoms with Crippen LogP contribution in [0.25, 0.3) is 0 Å². The number of nitrogens with zero attached hydrogens (tertiary/aromatic N) is 1. The summed E-state index contributed by atoms with van der Waals surface area (Å²) < 4.78 is 5.13. The van der Waals surface area contributed by atoms with Gasteiger partial charge in [0.15, 0.2) is 0 Å². The summed E-state index contributed by atoms with van der Waals surface area (Å²) in [6.07, 6.45) is 0.632. The van der Waals surface area contributed by atoms with E-state index in [-0.39, 0.29) is 5.91 Å². The van der Waals surface area contributed by atoms with Crippen molar-refractivity contribution in [2.75, 3.05) is 20.7 Å². The summed E-state index contributed by atoms with van der Waals surface area (Å²) in [5, 5.41) is 9.21. The molecule has 0 saturated carbocycles. The highest BCUT2D eigenvalue weighted by Crippen LogP contribution is 2.14. The van der Waals surface area contributed by atoms with Crippen LogP contribution in [-0.4, -0.2) is 42.7 Å². The number of hydrogen-bond acceptors (Lipinski definition) is 3. The SMILES string of the molecule is COc1cccc(CCC(=O)N(C)CC(C)O)c1. The summed E-state index contributed by atoms with van der Waals surface area (Å²) in [6.45, 7) is 2.04. The quantitative estimate of drug-likeness (QED) is 0.833. The van der Waals surface area contributed by atoms with Gasteiger partial charge in [-0.3, -0.25) is 4.79 Å². The van der Waals surface area contributed by atoms with E-state index < -0.39 is 6.10 Å². The molecule has 0 aromatic heterocycles. The highest BCUT2D eigenvalue weighted by atomic mass is 16.5. The second-order valence-corrected chi connectivity index (χ2v) is 4.47. The van der Waals surface area contributed by atoms with Gasteiger partial charge in [0.05, 0.1) is 13.2 Å². The van der Waals surface area contributed by atoms with Crippen LogP contribution < -0.4 is 4.74 Å². The second kappa shape index (κ2) is 7.01. The third-order valence-corrected chi connectivity index (χ3v) is 2.73. The van der Waals surface area contributed by atoms with E-state index in [1.54, 1.807) is 26.0 Å². The van der Waals surface area contributed by atoms with Crippen molar-refractivity contribution in [3.8, 4) is 5.75 Å². The minimum Gasteiger partial charge on any atom is -0.497 e. The number of carbonyl (C=O) groups is 1. The number of aliphatic hydroxyl groups is 1. The predicted octanol–water partition coefficient (Wildman–Crippen LogP) is 1.47. The van der Waals surface area contributed by atoms with Crippen LogP contribution in [0, 0.1) is 0 Å². The molecule has 0 bridgehead atoms. The van der Waals surface area contributed by atoms with Crippen molar-refractivity contribution in [2.45, 2.75) is 25.9 Å². The standard InChI is InChI=1S/C14H21NO3/c1-11(16)10-15(2)14(17)8-7-12-5-4-6-13(9-12)18-3/h4-6,9,11,16H,7-8,10H2,1-3H3. The molecule has 100 valence electrons. The predicted molar refractivity (Wildman–Crippen MR) is 70.6 cm³/mol. The molecule has 4 heteroatoms. The molecule has 1 atom stereocenters. The molecule has 4 nitrogen and oxygen atoms in total. The fourth-order valence-electron chi connectivity index (χ4n) is 1.77. The minimum atomic E-state index is -0.490. The first-order valence-corrected chi connectivity index (χ1v) is 6.08. The van der Waals surface area contributed by atoms with Crippen LogP contribution in [-0.2, 0) is 11.2 Å². The van der Waals surface area contributed by atoms with Crippen molar-refractivity contribution >= 4 is 5.91 Å². The van der Waals surface area contributed by atoms with Crippen molar-refractivity contribution in [3.63, 3.8) is 0 Å². The average molecular weight is 251 g/mol. The maximum Gasteiger partial charge on any atom is 0.222 e. The van der Waals surface area contributed by atoms with Crippen LogP contribution in [0.15, 0.2) is 24.3 Å². The van der Waals surface area contributed by atoms with Crippen LogP contribution in [0.4, 0.5) is 0 Å². The van der Waals surface area contributed by atoms with Gasteiger partial charge in [0.1, 0.15) is 5.75 Å². The molecule has 1 amide bonds. The van der Waals surface area contributed by atoms with Gasteiger partial charge in [0.2, 0.25) is 5.91 Å². The number of benzene rings is 1. The first-order valence-electron chi connectivity index (χ1n) is 6.08. The van der Waals surface area contributed by atoms with Gasteiger partial charge in [0.25, 0.3) is 0 Å². The summed E-state index contributed by atoms with van der Waals surface area (Å²) in [7, 11) is 3.33.